The van der Waals surface area contributed by atoms with E-state index in [1.165, 1.54) is 11.0 Å². The number of allylic oxidation sites excluding steroid dienone is 1. The molecule has 1 amide bonds. The predicted molar refractivity (Wildman–Crippen MR) is 33.3 cm³/mol. The number of carboxylic acid groups (broad SMARTS) is 1. The van der Waals surface area contributed by atoms with Crippen molar-refractivity contribution in [3.8, 4) is 6.07 Å². The van der Waals surface area contributed by atoms with Gasteiger partial charge in [-0.15, -0.1) is 0 Å². The molecule has 1 aliphatic rings. The third-order valence-electron chi connectivity index (χ3n) is 1.33. The Morgan fingerprint density at radius 3 is 2.80 bits per heavy atom. The third kappa shape index (κ3) is 1.08. The maximum Gasteiger partial charge on any atom is 0.407 e. The summed E-state index contributed by atoms with van der Waals surface area (Å²) in [6.07, 6.45) is 0.467. The predicted octanol–water partition coefficient (Wildman–Crippen LogP) is 0.430. The van der Waals surface area contributed by atoms with Gasteiger partial charge < -0.3 is 10.0 Å². The van der Waals surface area contributed by atoms with E-state index in [0.29, 0.717) is 13.1 Å². The molecule has 1 fully saturated rings. The number of rotatable bonds is 0. The highest BCUT2D eigenvalue weighted by atomic mass is 16.4. The van der Waals surface area contributed by atoms with Gasteiger partial charge in [0.25, 0.3) is 0 Å². The van der Waals surface area contributed by atoms with E-state index in [4.69, 9.17) is 10.4 Å². The Morgan fingerprint density at radius 1 is 1.80 bits per heavy atom. The number of amides is 1. The van der Waals surface area contributed by atoms with Crippen molar-refractivity contribution in [1.82, 2.24) is 4.90 Å². The van der Waals surface area contributed by atoms with Crippen LogP contribution in [0.25, 0.3) is 0 Å². The Bertz CT molecular complexity index is 218. The van der Waals surface area contributed by atoms with E-state index in [0.717, 1.165) is 5.57 Å². The Morgan fingerprint density at radius 2 is 2.40 bits per heavy atom. The molecule has 0 radical (unpaired) electrons. The molecule has 0 aliphatic carbocycles. The third-order valence-corrected chi connectivity index (χ3v) is 1.33. The Hall–Kier alpha value is -1.50. The van der Waals surface area contributed by atoms with Crippen LogP contribution in [-0.4, -0.2) is 29.2 Å². The van der Waals surface area contributed by atoms with E-state index >= 15 is 0 Å². The molecule has 0 aromatic heterocycles. The number of nitrogens with zero attached hydrogens (tertiary/aromatic N) is 2. The fraction of sp³-hybridized carbons (Fsp3) is 0.333. The zero-order chi connectivity index (χ0) is 7.56. The van der Waals surface area contributed by atoms with Crippen molar-refractivity contribution in [2.75, 3.05) is 13.1 Å². The molecule has 10 heavy (non-hydrogen) atoms. The lowest BCUT2D eigenvalue weighted by Crippen LogP contribution is -2.43. The van der Waals surface area contributed by atoms with Crippen LogP contribution >= 0.6 is 0 Å². The standard InChI is InChI=1S/C6H6N2O2/c7-2-1-5-3-8(4-5)6(9)10/h1H,3-4H2,(H,9,10). The second kappa shape index (κ2) is 2.40. The average Bonchev–Trinajstić information content (AvgIpc) is 1.76. The number of nitriles is 1. The molecule has 1 aliphatic heterocycles. The van der Waals surface area contributed by atoms with Gasteiger partial charge in [-0.3, -0.25) is 0 Å². The summed E-state index contributed by atoms with van der Waals surface area (Å²) in [6.45, 7) is 0.784. The van der Waals surface area contributed by atoms with E-state index in [9.17, 15) is 4.79 Å². The Balaban J connectivity index is 2.39. The first kappa shape index (κ1) is 6.62. The Labute approximate surface area is 58.0 Å². The van der Waals surface area contributed by atoms with Crippen LogP contribution in [0.2, 0.25) is 0 Å². The van der Waals surface area contributed by atoms with Crippen molar-refractivity contribution >= 4 is 6.09 Å². The lowest BCUT2D eigenvalue weighted by Gasteiger charge is -2.30. The van der Waals surface area contributed by atoms with Crippen LogP contribution < -0.4 is 0 Å². The molecule has 0 aromatic carbocycles. The van der Waals surface area contributed by atoms with E-state index in [1.807, 2.05) is 6.07 Å². The van der Waals surface area contributed by atoms with Crippen LogP contribution in [0.3, 0.4) is 0 Å². The summed E-state index contributed by atoms with van der Waals surface area (Å²) in [6, 6.07) is 1.85. The molecule has 0 saturated carbocycles. The first-order chi connectivity index (χ1) is 4.74. The number of hydrogen-bond acceptors (Lipinski definition) is 2. The molecule has 1 saturated heterocycles. The summed E-state index contributed by atoms with van der Waals surface area (Å²) in [7, 11) is 0. The maximum absolute atomic E-state index is 10.1. The highest BCUT2D eigenvalue weighted by molar-refractivity contribution is 5.67. The minimum Gasteiger partial charge on any atom is -0.465 e. The van der Waals surface area contributed by atoms with Gasteiger partial charge in [0.05, 0.1) is 6.07 Å². The van der Waals surface area contributed by atoms with Gasteiger partial charge in [0, 0.05) is 19.2 Å². The van der Waals surface area contributed by atoms with Crippen molar-refractivity contribution in [2.24, 2.45) is 0 Å². The van der Waals surface area contributed by atoms with E-state index in [2.05, 4.69) is 0 Å². The highest BCUT2D eigenvalue weighted by Gasteiger charge is 2.23. The highest BCUT2D eigenvalue weighted by Crippen LogP contribution is 2.12. The molecule has 4 nitrogen and oxygen atoms in total. The van der Waals surface area contributed by atoms with Crippen molar-refractivity contribution in [3.05, 3.63) is 11.6 Å². The zero-order valence-electron chi connectivity index (χ0n) is 5.24. The molecule has 1 rings (SSSR count). The van der Waals surface area contributed by atoms with Gasteiger partial charge in [0.15, 0.2) is 0 Å². The minimum atomic E-state index is -0.921. The van der Waals surface area contributed by atoms with Crippen molar-refractivity contribution < 1.29 is 9.90 Å². The van der Waals surface area contributed by atoms with Gasteiger partial charge in [-0.1, -0.05) is 0 Å². The zero-order valence-corrected chi connectivity index (χ0v) is 5.24. The van der Waals surface area contributed by atoms with Crippen LogP contribution in [-0.2, 0) is 0 Å². The molecule has 52 valence electrons. The van der Waals surface area contributed by atoms with Crippen molar-refractivity contribution in [3.63, 3.8) is 0 Å². The van der Waals surface area contributed by atoms with Crippen LogP contribution in [0.5, 0.6) is 0 Å². The topological polar surface area (TPSA) is 64.3 Å². The summed E-state index contributed by atoms with van der Waals surface area (Å²) in [4.78, 5) is 11.4. The molecule has 0 atom stereocenters. The lowest BCUT2D eigenvalue weighted by molar-refractivity contribution is 0.138. The van der Waals surface area contributed by atoms with Gasteiger partial charge in [-0.25, -0.2) is 4.79 Å². The molecule has 0 unspecified atom stereocenters. The lowest BCUT2D eigenvalue weighted by atomic mass is 10.1. The number of hydrogen-bond donors (Lipinski definition) is 1. The fourth-order valence-electron chi connectivity index (χ4n) is 0.762. The van der Waals surface area contributed by atoms with Crippen LogP contribution in [0, 0.1) is 11.3 Å². The molecule has 0 aromatic rings. The quantitative estimate of drug-likeness (QED) is 0.493. The van der Waals surface area contributed by atoms with Crippen LogP contribution in [0.15, 0.2) is 11.6 Å². The van der Waals surface area contributed by atoms with Crippen LogP contribution in [0.1, 0.15) is 0 Å². The summed E-state index contributed by atoms with van der Waals surface area (Å²) in [5, 5.41) is 16.5. The van der Waals surface area contributed by atoms with Crippen LogP contribution in [0.4, 0.5) is 4.79 Å². The van der Waals surface area contributed by atoms with E-state index in [1.54, 1.807) is 0 Å². The second-order valence-corrected chi connectivity index (χ2v) is 2.07. The molecule has 0 spiro atoms. The normalized spacial score (nSPS) is 15.5. The van der Waals surface area contributed by atoms with E-state index in [-0.39, 0.29) is 0 Å². The molecule has 1 N–H and O–H groups in total. The van der Waals surface area contributed by atoms with Gasteiger partial charge >= 0.3 is 6.09 Å². The first-order valence-corrected chi connectivity index (χ1v) is 2.79. The van der Waals surface area contributed by atoms with Crippen molar-refractivity contribution in [1.29, 1.82) is 5.26 Å². The van der Waals surface area contributed by atoms with Gasteiger partial charge in [0.2, 0.25) is 0 Å². The number of carbonyl (C=O) groups is 1. The fourth-order valence-corrected chi connectivity index (χ4v) is 0.762. The first-order valence-electron chi connectivity index (χ1n) is 2.79. The second-order valence-electron chi connectivity index (χ2n) is 2.07. The van der Waals surface area contributed by atoms with Gasteiger partial charge in [-0.05, 0) is 5.57 Å². The van der Waals surface area contributed by atoms with E-state index < -0.39 is 6.09 Å². The molecule has 4 heteroatoms. The van der Waals surface area contributed by atoms with Crippen molar-refractivity contribution in [2.45, 2.75) is 0 Å². The van der Waals surface area contributed by atoms with Gasteiger partial charge in [0.1, 0.15) is 0 Å². The number of likely N-dealkylation sites (tertiary alicyclic amines) is 1. The summed E-state index contributed by atoms with van der Waals surface area (Å²) >= 11 is 0. The smallest absolute Gasteiger partial charge is 0.407 e. The molecule has 0 bridgehead atoms. The monoisotopic (exact) mass is 138 g/mol. The SMILES string of the molecule is N#CC=C1CN(C(=O)O)C1. The molecular weight excluding hydrogens is 132 g/mol. The molecule has 1 heterocycles. The van der Waals surface area contributed by atoms with Gasteiger partial charge in [-0.2, -0.15) is 5.26 Å². The summed E-state index contributed by atoms with van der Waals surface area (Å²) in [5.74, 6) is 0. The largest absolute Gasteiger partial charge is 0.465 e. The molecular formula is C6H6N2O2. The Kier molecular flexibility index (Phi) is 1.59. The minimum absolute atomic E-state index is 0.392. The average molecular weight is 138 g/mol. The maximum atomic E-state index is 10.1. The summed E-state index contributed by atoms with van der Waals surface area (Å²) < 4.78 is 0. The summed E-state index contributed by atoms with van der Waals surface area (Å²) in [5.41, 5.74) is 0.880.